The van der Waals surface area contributed by atoms with Gasteiger partial charge in [0.25, 0.3) is 0 Å². The third-order valence-corrected chi connectivity index (χ3v) is 3.21. The van der Waals surface area contributed by atoms with Crippen LogP contribution >= 0.6 is 11.6 Å². The third kappa shape index (κ3) is 7.22. The minimum absolute atomic E-state index is 0.161. The Morgan fingerprint density at radius 3 is 2.42 bits per heavy atom. The molecule has 19 heavy (non-hydrogen) atoms. The molecule has 0 spiro atoms. The van der Waals surface area contributed by atoms with Crippen LogP contribution in [0.5, 0.6) is 0 Å². The normalized spacial score (nSPS) is 13.1. The molecular weight excluding hydrogens is 260 g/mol. The average Bonchev–Trinajstić information content (AvgIpc) is 2.33. The molecule has 0 aromatic heterocycles. The van der Waals surface area contributed by atoms with Crippen LogP contribution in [0.3, 0.4) is 0 Å². The molecule has 3 heteroatoms. The summed E-state index contributed by atoms with van der Waals surface area (Å²) in [6.07, 6.45) is 2.25. The highest BCUT2D eigenvalue weighted by Crippen LogP contribution is 2.18. The van der Waals surface area contributed by atoms with Crippen LogP contribution in [-0.4, -0.2) is 17.5 Å². The van der Waals surface area contributed by atoms with Crippen LogP contribution in [0, 0.1) is 5.92 Å². The van der Waals surface area contributed by atoms with Gasteiger partial charge < -0.3 is 4.74 Å². The molecule has 0 radical (unpaired) electrons. The molecule has 0 aliphatic heterocycles. The van der Waals surface area contributed by atoms with Crippen LogP contribution in [0.2, 0.25) is 0 Å². The Balaban J connectivity index is 2.39. The number of alkyl halides is 1. The first-order valence-electron chi connectivity index (χ1n) is 6.72. The molecule has 0 saturated carbocycles. The first-order chi connectivity index (χ1) is 8.90. The Bertz CT molecular complexity index is 381. The van der Waals surface area contributed by atoms with Crippen molar-refractivity contribution in [3.8, 4) is 0 Å². The van der Waals surface area contributed by atoms with Crippen molar-refractivity contribution in [1.29, 1.82) is 0 Å². The summed E-state index contributed by atoms with van der Waals surface area (Å²) < 4.78 is 5.32. The van der Waals surface area contributed by atoms with Gasteiger partial charge in [-0.2, -0.15) is 0 Å². The van der Waals surface area contributed by atoms with Crippen molar-refractivity contribution in [3.05, 3.63) is 35.9 Å². The SMILES string of the molecule is CC(C)(C)OC(=O)C[C@H](CCl)CCc1ccccc1. The van der Waals surface area contributed by atoms with E-state index in [4.69, 9.17) is 16.3 Å². The molecule has 0 aliphatic carbocycles. The van der Waals surface area contributed by atoms with Crippen molar-refractivity contribution in [3.63, 3.8) is 0 Å². The molecule has 1 aromatic carbocycles. The lowest BCUT2D eigenvalue weighted by Gasteiger charge is -2.21. The summed E-state index contributed by atoms with van der Waals surface area (Å²) >= 11 is 5.94. The third-order valence-electron chi connectivity index (χ3n) is 2.78. The van der Waals surface area contributed by atoms with Crippen molar-refractivity contribution in [2.45, 2.75) is 45.6 Å². The number of rotatable bonds is 6. The van der Waals surface area contributed by atoms with E-state index in [0.717, 1.165) is 12.8 Å². The van der Waals surface area contributed by atoms with Gasteiger partial charge in [0.05, 0.1) is 0 Å². The second-order valence-electron chi connectivity index (χ2n) is 5.84. The highest BCUT2D eigenvalue weighted by molar-refractivity contribution is 6.18. The lowest BCUT2D eigenvalue weighted by atomic mass is 9.98. The van der Waals surface area contributed by atoms with Gasteiger partial charge in [0.2, 0.25) is 0 Å². The van der Waals surface area contributed by atoms with E-state index in [1.54, 1.807) is 0 Å². The number of halogens is 1. The first-order valence-corrected chi connectivity index (χ1v) is 7.26. The minimum Gasteiger partial charge on any atom is -0.460 e. The molecule has 0 N–H and O–H groups in total. The number of carbonyl (C=O) groups excluding carboxylic acids is 1. The monoisotopic (exact) mass is 282 g/mol. The standard InChI is InChI=1S/C16H23ClO2/c1-16(2,3)19-15(18)11-14(12-17)10-9-13-7-5-4-6-8-13/h4-8,14H,9-12H2,1-3H3/t14-/m1/s1. The van der Waals surface area contributed by atoms with Gasteiger partial charge in [-0.3, -0.25) is 4.79 Å². The van der Waals surface area contributed by atoms with E-state index in [1.807, 2.05) is 39.0 Å². The second kappa shape index (κ2) is 7.54. The fourth-order valence-corrected chi connectivity index (χ4v) is 2.13. The Morgan fingerprint density at radius 2 is 1.89 bits per heavy atom. The molecular formula is C16H23ClO2. The Kier molecular flexibility index (Phi) is 6.36. The molecule has 0 heterocycles. The van der Waals surface area contributed by atoms with Crippen LogP contribution in [0.25, 0.3) is 0 Å². The van der Waals surface area contributed by atoms with Crippen LogP contribution in [0.1, 0.15) is 39.2 Å². The van der Waals surface area contributed by atoms with E-state index in [2.05, 4.69) is 12.1 Å². The van der Waals surface area contributed by atoms with Crippen molar-refractivity contribution < 1.29 is 9.53 Å². The highest BCUT2D eigenvalue weighted by atomic mass is 35.5. The maximum Gasteiger partial charge on any atom is 0.306 e. The number of hydrogen-bond acceptors (Lipinski definition) is 2. The van der Waals surface area contributed by atoms with Crippen molar-refractivity contribution in [2.24, 2.45) is 5.92 Å². The molecule has 1 rings (SSSR count). The predicted octanol–water partition coefficient (Wildman–Crippen LogP) is 4.21. The van der Waals surface area contributed by atoms with E-state index in [0.29, 0.717) is 12.3 Å². The summed E-state index contributed by atoms with van der Waals surface area (Å²) in [5, 5.41) is 0. The van der Waals surface area contributed by atoms with Crippen LogP contribution < -0.4 is 0 Å². The zero-order chi connectivity index (χ0) is 14.3. The van der Waals surface area contributed by atoms with Crippen molar-refractivity contribution >= 4 is 17.6 Å². The average molecular weight is 283 g/mol. The molecule has 0 fully saturated rings. The van der Waals surface area contributed by atoms with Crippen LogP contribution in [0.4, 0.5) is 0 Å². The zero-order valence-corrected chi connectivity index (χ0v) is 12.7. The fourth-order valence-electron chi connectivity index (χ4n) is 1.87. The lowest BCUT2D eigenvalue weighted by molar-refractivity contribution is -0.155. The van der Waals surface area contributed by atoms with E-state index in [-0.39, 0.29) is 11.9 Å². The quantitative estimate of drug-likeness (QED) is 0.577. The van der Waals surface area contributed by atoms with Crippen LogP contribution in [-0.2, 0) is 16.0 Å². The molecule has 0 amide bonds. The van der Waals surface area contributed by atoms with Gasteiger partial charge in [0.1, 0.15) is 5.60 Å². The molecule has 0 saturated heterocycles. The van der Waals surface area contributed by atoms with Gasteiger partial charge >= 0.3 is 5.97 Å². The summed E-state index contributed by atoms with van der Waals surface area (Å²) in [6, 6.07) is 10.2. The second-order valence-corrected chi connectivity index (χ2v) is 6.14. The van der Waals surface area contributed by atoms with E-state index in [9.17, 15) is 4.79 Å². The van der Waals surface area contributed by atoms with Gasteiger partial charge in [-0.25, -0.2) is 0 Å². The zero-order valence-electron chi connectivity index (χ0n) is 12.0. The first kappa shape index (κ1) is 16.0. The molecule has 0 bridgehead atoms. The smallest absolute Gasteiger partial charge is 0.306 e. The van der Waals surface area contributed by atoms with Gasteiger partial charge in [-0.15, -0.1) is 11.6 Å². The summed E-state index contributed by atoms with van der Waals surface area (Å²) in [4.78, 5) is 11.8. The maximum absolute atomic E-state index is 11.8. The topological polar surface area (TPSA) is 26.3 Å². The van der Waals surface area contributed by atoms with E-state index in [1.165, 1.54) is 5.56 Å². The summed E-state index contributed by atoms with van der Waals surface area (Å²) in [7, 11) is 0. The summed E-state index contributed by atoms with van der Waals surface area (Å²) in [5.74, 6) is 0.509. The van der Waals surface area contributed by atoms with Crippen molar-refractivity contribution in [1.82, 2.24) is 0 Å². The lowest BCUT2D eigenvalue weighted by Crippen LogP contribution is -2.25. The van der Waals surface area contributed by atoms with E-state index < -0.39 is 5.60 Å². The number of carbonyl (C=O) groups is 1. The van der Waals surface area contributed by atoms with Crippen LogP contribution in [0.15, 0.2) is 30.3 Å². The number of hydrogen-bond donors (Lipinski definition) is 0. The summed E-state index contributed by atoms with van der Waals surface area (Å²) in [6.45, 7) is 5.64. The highest BCUT2D eigenvalue weighted by Gasteiger charge is 2.20. The van der Waals surface area contributed by atoms with Gasteiger partial charge in [-0.05, 0) is 45.1 Å². The fraction of sp³-hybridized carbons (Fsp3) is 0.562. The number of esters is 1. The van der Waals surface area contributed by atoms with Crippen molar-refractivity contribution in [2.75, 3.05) is 5.88 Å². The number of aryl methyl sites for hydroxylation is 1. The molecule has 0 aliphatic rings. The largest absolute Gasteiger partial charge is 0.460 e. The number of benzene rings is 1. The Hall–Kier alpha value is -1.02. The summed E-state index contributed by atoms with van der Waals surface area (Å²) in [5.41, 5.74) is 0.856. The molecule has 2 nitrogen and oxygen atoms in total. The maximum atomic E-state index is 11.8. The number of ether oxygens (including phenoxy) is 1. The molecule has 0 unspecified atom stereocenters. The Labute approximate surface area is 121 Å². The predicted molar refractivity (Wildman–Crippen MR) is 79.4 cm³/mol. The van der Waals surface area contributed by atoms with E-state index >= 15 is 0 Å². The van der Waals surface area contributed by atoms with Gasteiger partial charge in [0.15, 0.2) is 0 Å². The van der Waals surface area contributed by atoms with Gasteiger partial charge in [0, 0.05) is 12.3 Å². The van der Waals surface area contributed by atoms with Gasteiger partial charge in [-0.1, -0.05) is 30.3 Å². The molecule has 1 aromatic rings. The Morgan fingerprint density at radius 1 is 1.26 bits per heavy atom. The molecule has 1 atom stereocenters. The minimum atomic E-state index is -0.423. The molecule has 106 valence electrons.